The summed E-state index contributed by atoms with van der Waals surface area (Å²) in [6.07, 6.45) is -3.07. The molecule has 0 spiro atoms. The van der Waals surface area contributed by atoms with Gasteiger partial charge in [-0.1, -0.05) is 11.6 Å². The fourth-order valence-electron chi connectivity index (χ4n) is 2.26. The molecule has 10 heteroatoms. The van der Waals surface area contributed by atoms with Crippen LogP contribution in [-0.2, 0) is 19.3 Å². The number of hydrogen-bond acceptors (Lipinski definition) is 5. The van der Waals surface area contributed by atoms with Gasteiger partial charge in [-0.05, 0) is 6.07 Å². The van der Waals surface area contributed by atoms with Crippen LogP contribution >= 0.6 is 11.6 Å². The van der Waals surface area contributed by atoms with Crippen molar-refractivity contribution in [1.82, 2.24) is 19.7 Å². The van der Waals surface area contributed by atoms with Gasteiger partial charge in [0.2, 0.25) is 5.82 Å². The van der Waals surface area contributed by atoms with Crippen molar-refractivity contribution in [2.24, 2.45) is 0 Å². The van der Waals surface area contributed by atoms with E-state index < -0.39 is 12.0 Å². The number of rotatable bonds is 1. The molecule has 112 valence electrons. The highest BCUT2D eigenvalue weighted by atomic mass is 35.5. The maximum atomic E-state index is 12.8. The number of pyridine rings is 1. The molecule has 0 aromatic carbocycles. The third kappa shape index (κ3) is 2.48. The third-order valence-corrected chi connectivity index (χ3v) is 3.37. The number of aromatic nitrogens is 4. The second-order valence-electron chi connectivity index (χ2n) is 4.58. The number of anilines is 2. The van der Waals surface area contributed by atoms with Crippen LogP contribution in [0.25, 0.3) is 0 Å². The fraction of sp³-hybridized carbons (Fsp3) is 0.364. The van der Waals surface area contributed by atoms with Crippen molar-refractivity contribution in [2.45, 2.75) is 19.3 Å². The summed E-state index contributed by atoms with van der Waals surface area (Å²) < 4.78 is 39.3. The molecule has 2 aromatic rings. The van der Waals surface area contributed by atoms with E-state index in [1.165, 1.54) is 6.20 Å². The van der Waals surface area contributed by atoms with Crippen LogP contribution in [0.5, 0.6) is 0 Å². The van der Waals surface area contributed by atoms with Gasteiger partial charge in [-0.15, -0.1) is 10.2 Å². The molecule has 0 aliphatic carbocycles. The lowest BCUT2D eigenvalue weighted by atomic mass is 10.3. The summed E-state index contributed by atoms with van der Waals surface area (Å²) in [5, 5.41) is 7.22. The summed E-state index contributed by atoms with van der Waals surface area (Å²) in [5.41, 5.74) is 6.20. The maximum absolute atomic E-state index is 12.8. The summed E-state index contributed by atoms with van der Waals surface area (Å²) in [6.45, 7) is 0.593. The number of alkyl halides is 3. The normalized spacial score (nSPS) is 15.1. The Hall–Kier alpha value is -2.03. The molecule has 0 atom stereocenters. The van der Waals surface area contributed by atoms with Crippen LogP contribution in [0.3, 0.4) is 0 Å². The highest BCUT2D eigenvalue weighted by Crippen LogP contribution is 2.31. The van der Waals surface area contributed by atoms with Crippen molar-refractivity contribution in [3.63, 3.8) is 0 Å². The minimum atomic E-state index is -4.51. The SMILES string of the molecule is Nc1cc(Cl)cnc1N1CCn2c(nnc2C(F)(F)F)C1. The molecule has 21 heavy (non-hydrogen) atoms. The van der Waals surface area contributed by atoms with Crippen LogP contribution in [0.15, 0.2) is 12.3 Å². The summed E-state index contributed by atoms with van der Waals surface area (Å²) in [6, 6.07) is 1.55. The number of hydrogen-bond donors (Lipinski definition) is 1. The summed E-state index contributed by atoms with van der Waals surface area (Å²) >= 11 is 5.78. The van der Waals surface area contributed by atoms with Crippen LogP contribution in [-0.4, -0.2) is 26.3 Å². The number of nitrogen functional groups attached to an aromatic ring is 1. The van der Waals surface area contributed by atoms with Gasteiger partial charge < -0.3 is 15.2 Å². The molecule has 0 saturated heterocycles. The van der Waals surface area contributed by atoms with E-state index in [1.54, 1.807) is 11.0 Å². The zero-order chi connectivity index (χ0) is 15.2. The van der Waals surface area contributed by atoms with E-state index in [0.717, 1.165) is 4.57 Å². The molecule has 3 rings (SSSR count). The van der Waals surface area contributed by atoms with Crippen LogP contribution < -0.4 is 10.6 Å². The van der Waals surface area contributed by atoms with E-state index in [4.69, 9.17) is 17.3 Å². The van der Waals surface area contributed by atoms with Crippen molar-refractivity contribution in [1.29, 1.82) is 0 Å². The van der Waals surface area contributed by atoms with E-state index in [-0.39, 0.29) is 18.9 Å². The van der Waals surface area contributed by atoms with E-state index in [0.29, 0.717) is 23.1 Å². The first-order valence-electron chi connectivity index (χ1n) is 6.01. The highest BCUT2D eigenvalue weighted by molar-refractivity contribution is 6.30. The van der Waals surface area contributed by atoms with Gasteiger partial charge in [-0.3, -0.25) is 0 Å². The smallest absolute Gasteiger partial charge is 0.396 e. The van der Waals surface area contributed by atoms with Crippen molar-refractivity contribution in [3.05, 3.63) is 28.9 Å². The lowest BCUT2D eigenvalue weighted by Gasteiger charge is -2.29. The van der Waals surface area contributed by atoms with Gasteiger partial charge in [-0.2, -0.15) is 13.2 Å². The summed E-state index contributed by atoms with van der Waals surface area (Å²) in [4.78, 5) is 5.87. The number of halogens is 4. The quantitative estimate of drug-likeness (QED) is 0.870. The Morgan fingerprint density at radius 1 is 1.24 bits per heavy atom. The molecule has 0 unspecified atom stereocenters. The first-order valence-corrected chi connectivity index (χ1v) is 6.39. The van der Waals surface area contributed by atoms with Crippen molar-refractivity contribution >= 4 is 23.1 Å². The Bertz CT molecular complexity index is 683. The largest absolute Gasteiger partial charge is 0.451 e. The minimum absolute atomic E-state index is 0.112. The molecule has 3 heterocycles. The van der Waals surface area contributed by atoms with E-state index >= 15 is 0 Å². The average molecular weight is 319 g/mol. The minimum Gasteiger partial charge on any atom is -0.396 e. The second-order valence-corrected chi connectivity index (χ2v) is 5.01. The predicted octanol–water partition coefficient (Wildman–Crippen LogP) is 1.95. The van der Waals surface area contributed by atoms with Crippen LogP contribution in [0.4, 0.5) is 24.7 Å². The fourth-order valence-corrected chi connectivity index (χ4v) is 2.43. The van der Waals surface area contributed by atoms with Gasteiger partial charge in [0, 0.05) is 19.3 Å². The molecule has 2 N–H and O–H groups in total. The molecule has 6 nitrogen and oxygen atoms in total. The van der Waals surface area contributed by atoms with Crippen LogP contribution in [0.1, 0.15) is 11.6 Å². The van der Waals surface area contributed by atoms with Crippen LogP contribution in [0.2, 0.25) is 5.02 Å². The second kappa shape index (κ2) is 4.76. The standard InChI is InChI=1S/C11H10ClF3N6/c12-6-3-7(16)9(17-4-6)20-1-2-21-8(5-20)18-19-10(21)11(13,14)15/h3-4H,1-2,5,16H2. The first kappa shape index (κ1) is 13.9. The molecule has 2 aromatic heterocycles. The number of nitrogens with two attached hydrogens (primary N) is 1. The molecule has 1 aliphatic heterocycles. The lowest BCUT2D eigenvalue weighted by molar-refractivity contribution is -0.147. The van der Waals surface area contributed by atoms with Gasteiger partial charge in [0.25, 0.3) is 0 Å². The zero-order valence-corrected chi connectivity index (χ0v) is 11.4. The average Bonchev–Trinajstić information content (AvgIpc) is 2.81. The molecule has 0 saturated carbocycles. The summed E-state index contributed by atoms with van der Waals surface area (Å²) in [7, 11) is 0. The Morgan fingerprint density at radius 2 is 2.00 bits per heavy atom. The Morgan fingerprint density at radius 3 is 2.67 bits per heavy atom. The first-order chi connectivity index (χ1) is 9.86. The molecule has 0 amide bonds. The Balaban J connectivity index is 1.90. The zero-order valence-electron chi connectivity index (χ0n) is 10.6. The third-order valence-electron chi connectivity index (χ3n) is 3.17. The molecular formula is C11H10ClF3N6. The van der Waals surface area contributed by atoms with Crippen molar-refractivity contribution in [3.8, 4) is 0 Å². The van der Waals surface area contributed by atoms with Crippen LogP contribution in [0, 0.1) is 0 Å². The molecule has 1 aliphatic rings. The van der Waals surface area contributed by atoms with Crippen molar-refractivity contribution in [2.75, 3.05) is 17.2 Å². The van der Waals surface area contributed by atoms with Gasteiger partial charge in [0.05, 0.1) is 17.3 Å². The monoisotopic (exact) mass is 318 g/mol. The van der Waals surface area contributed by atoms with Gasteiger partial charge in [0.15, 0.2) is 11.6 Å². The van der Waals surface area contributed by atoms with Gasteiger partial charge >= 0.3 is 6.18 Å². The summed E-state index contributed by atoms with van der Waals surface area (Å²) in [5.74, 6) is -0.277. The number of nitrogens with zero attached hydrogens (tertiary/aromatic N) is 5. The molecule has 0 fully saturated rings. The van der Waals surface area contributed by atoms with E-state index in [9.17, 15) is 13.2 Å². The Labute approximate surface area is 122 Å². The highest BCUT2D eigenvalue weighted by Gasteiger charge is 2.39. The molecule has 0 radical (unpaired) electrons. The molecular weight excluding hydrogens is 309 g/mol. The van der Waals surface area contributed by atoms with Gasteiger partial charge in [0.1, 0.15) is 0 Å². The lowest BCUT2D eigenvalue weighted by Crippen LogP contribution is -2.36. The Kier molecular flexibility index (Phi) is 3.16. The predicted molar refractivity (Wildman–Crippen MR) is 69.7 cm³/mol. The van der Waals surface area contributed by atoms with E-state index in [1.807, 2.05) is 0 Å². The molecule has 0 bridgehead atoms. The topological polar surface area (TPSA) is 72.9 Å². The van der Waals surface area contributed by atoms with E-state index in [2.05, 4.69) is 15.2 Å². The van der Waals surface area contributed by atoms with Gasteiger partial charge in [-0.25, -0.2) is 4.98 Å². The van der Waals surface area contributed by atoms with Crippen molar-refractivity contribution < 1.29 is 13.2 Å². The maximum Gasteiger partial charge on any atom is 0.451 e. The number of fused-ring (bicyclic) bond motifs is 1.